The molecule has 7 heteroatoms. The largest absolute Gasteiger partial charge is 0.494 e. The third-order valence-electron chi connectivity index (χ3n) is 7.49. The molecule has 1 aromatic rings. The van der Waals surface area contributed by atoms with Crippen LogP contribution in [0.2, 0.25) is 0 Å². The summed E-state index contributed by atoms with van der Waals surface area (Å²) in [7, 11) is 6.54. The van der Waals surface area contributed by atoms with Gasteiger partial charge in [-0.25, -0.2) is 0 Å². The first-order chi connectivity index (χ1) is 14.5. The molecule has 0 radical (unpaired) electrons. The third kappa shape index (κ3) is 2.25. The molecule has 1 N–H and O–H groups in total. The number of piperidine rings is 3. The number of hydrogen-bond acceptors (Lipinski definition) is 6. The fraction of sp³-hybridized carbons (Fsp3) is 0.522. The van der Waals surface area contributed by atoms with Crippen molar-refractivity contribution in [3.63, 3.8) is 0 Å². The summed E-state index contributed by atoms with van der Waals surface area (Å²) in [6, 6.07) is 2.02. The van der Waals surface area contributed by atoms with Crippen LogP contribution in [0.3, 0.4) is 0 Å². The molecule has 0 aromatic heterocycles. The minimum absolute atomic E-state index is 0.0117. The molecule has 1 amide bonds. The number of amides is 1. The van der Waals surface area contributed by atoms with Gasteiger partial charge in [0.2, 0.25) is 5.91 Å². The predicted molar refractivity (Wildman–Crippen MR) is 113 cm³/mol. The van der Waals surface area contributed by atoms with E-state index in [-0.39, 0.29) is 23.9 Å². The zero-order chi connectivity index (χ0) is 21.2. The van der Waals surface area contributed by atoms with Crippen molar-refractivity contribution in [2.75, 3.05) is 46.9 Å². The van der Waals surface area contributed by atoms with E-state index in [0.29, 0.717) is 36.0 Å². The van der Waals surface area contributed by atoms with Crippen molar-refractivity contribution in [2.24, 2.45) is 5.92 Å². The number of anilines is 1. The summed E-state index contributed by atoms with van der Waals surface area (Å²) < 4.78 is 22.3. The summed E-state index contributed by atoms with van der Waals surface area (Å²) in [5.41, 5.74) is 3.40. The van der Waals surface area contributed by atoms with E-state index >= 15 is 0 Å². The molecule has 5 aliphatic rings. The van der Waals surface area contributed by atoms with Gasteiger partial charge in [-0.1, -0.05) is 23.8 Å². The molecule has 4 bridgehead atoms. The highest BCUT2D eigenvalue weighted by atomic mass is 16.5. The van der Waals surface area contributed by atoms with Gasteiger partial charge in [0.15, 0.2) is 11.5 Å². The Kier molecular flexibility index (Phi) is 4.38. The molecule has 5 atom stereocenters. The van der Waals surface area contributed by atoms with E-state index in [9.17, 15) is 4.79 Å². The van der Waals surface area contributed by atoms with Crippen molar-refractivity contribution in [3.8, 4) is 17.2 Å². The van der Waals surface area contributed by atoms with E-state index in [0.717, 1.165) is 18.5 Å². The lowest BCUT2D eigenvalue weighted by Crippen LogP contribution is -2.56. The SMILES string of the molecule is C=C1[C@@H]2C[C@@H]3N(CC2=CCOC)[C@@H]1C[C@@]31C(=O)Nc2c(OC)cc(OC)c(OC)c21. The lowest BCUT2D eigenvalue weighted by molar-refractivity contribution is -0.122. The van der Waals surface area contributed by atoms with Gasteiger partial charge in [0, 0.05) is 43.3 Å². The molecule has 0 saturated carbocycles. The maximum Gasteiger partial charge on any atom is 0.237 e. The van der Waals surface area contributed by atoms with Crippen molar-refractivity contribution < 1.29 is 23.7 Å². The predicted octanol–water partition coefficient (Wildman–Crippen LogP) is 2.51. The van der Waals surface area contributed by atoms with Gasteiger partial charge < -0.3 is 24.3 Å². The average molecular weight is 412 g/mol. The Bertz CT molecular complexity index is 971. The first kappa shape index (κ1) is 19.5. The Morgan fingerprint density at radius 1 is 1.23 bits per heavy atom. The maximum atomic E-state index is 13.6. The average Bonchev–Trinajstić information content (AvgIpc) is 3.21. The molecule has 30 heavy (non-hydrogen) atoms. The standard InChI is InChI=1S/C23H28N2O5/c1-12-14-8-18-23(10-15(12)25(18)11-13(14)6-7-27-2)19-20(24-22(23)26)16(28-3)9-17(29-4)21(19)30-5/h6,9,14-15,18H,1,7-8,10-11H2,2-5H3,(H,24,26)/t14-,15+,18-,23+/m0/s1. The number of methoxy groups -OCH3 is 4. The minimum atomic E-state index is -0.711. The molecule has 5 heterocycles. The zero-order valence-electron chi connectivity index (χ0n) is 17.9. The van der Waals surface area contributed by atoms with Crippen LogP contribution in [0.5, 0.6) is 17.2 Å². The summed E-state index contributed by atoms with van der Waals surface area (Å²) in [6.07, 6.45) is 3.72. The highest BCUT2D eigenvalue weighted by molar-refractivity contribution is 6.10. The molecule has 5 aliphatic heterocycles. The molecule has 6 rings (SSSR count). The van der Waals surface area contributed by atoms with Gasteiger partial charge in [-0.2, -0.15) is 0 Å². The molecule has 1 aromatic carbocycles. The molecule has 4 fully saturated rings. The summed E-state index contributed by atoms with van der Waals surface area (Å²) in [5.74, 6) is 2.07. The number of nitrogens with zero attached hydrogens (tertiary/aromatic N) is 1. The number of ether oxygens (including phenoxy) is 4. The molecule has 160 valence electrons. The molecule has 4 saturated heterocycles. The number of benzene rings is 1. The Balaban J connectivity index is 1.67. The summed E-state index contributed by atoms with van der Waals surface area (Å²) in [6.45, 7) is 5.88. The number of nitrogens with one attached hydrogen (secondary N) is 1. The zero-order valence-corrected chi connectivity index (χ0v) is 17.9. The summed E-state index contributed by atoms with van der Waals surface area (Å²) >= 11 is 0. The molecular formula is C23H28N2O5. The Hall–Kier alpha value is -2.51. The normalized spacial score (nSPS) is 34.5. The van der Waals surface area contributed by atoms with Gasteiger partial charge >= 0.3 is 0 Å². The lowest BCUT2D eigenvalue weighted by atomic mass is 9.70. The van der Waals surface area contributed by atoms with Crippen LogP contribution in [0.25, 0.3) is 0 Å². The van der Waals surface area contributed by atoms with Crippen LogP contribution in [0.15, 0.2) is 29.9 Å². The molecule has 1 spiro atoms. The number of rotatable bonds is 5. The smallest absolute Gasteiger partial charge is 0.237 e. The van der Waals surface area contributed by atoms with Gasteiger partial charge in [-0.3, -0.25) is 9.69 Å². The van der Waals surface area contributed by atoms with E-state index in [2.05, 4.69) is 22.9 Å². The van der Waals surface area contributed by atoms with Crippen LogP contribution in [-0.2, 0) is 14.9 Å². The minimum Gasteiger partial charge on any atom is -0.494 e. The van der Waals surface area contributed by atoms with Crippen molar-refractivity contribution in [1.82, 2.24) is 4.90 Å². The summed E-state index contributed by atoms with van der Waals surface area (Å²) in [5, 5.41) is 3.12. The van der Waals surface area contributed by atoms with E-state index < -0.39 is 5.41 Å². The van der Waals surface area contributed by atoms with Crippen LogP contribution >= 0.6 is 0 Å². The molecule has 0 aliphatic carbocycles. The topological polar surface area (TPSA) is 69.3 Å². The van der Waals surface area contributed by atoms with E-state index in [4.69, 9.17) is 18.9 Å². The number of carbonyl (C=O) groups excluding carboxylic acids is 1. The number of fused-ring (bicyclic) bond motifs is 3. The monoisotopic (exact) mass is 412 g/mol. The van der Waals surface area contributed by atoms with Gasteiger partial charge in [0.25, 0.3) is 0 Å². The lowest BCUT2D eigenvalue weighted by Gasteiger charge is -2.49. The van der Waals surface area contributed by atoms with Gasteiger partial charge in [0.05, 0.1) is 39.0 Å². The highest BCUT2D eigenvalue weighted by Crippen LogP contribution is 2.64. The third-order valence-corrected chi connectivity index (χ3v) is 7.49. The van der Waals surface area contributed by atoms with Crippen LogP contribution in [0.1, 0.15) is 18.4 Å². The first-order valence-corrected chi connectivity index (χ1v) is 10.3. The van der Waals surface area contributed by atoms with Gasteiger partial charge in [0.1, 0.15) is 5.75 Å². The second-order valence-corrected chi connectivity index (χ2v) is 8.50. The molecule has 1 unspecified atom stereocenters. The quantitative estimate of drug-likeness (QED) is 0.750. The Labute approximate surface area is 176 Å². The van der Waals surface area contributed by atoms with Crippen molar-refractivity contribution in [1.29, 1.82) is 0 Å². The van der Waals surface area contributed by atoms with Crippen LogP contribution in [-0.4, -0.2) is 64.5 Å². The fourth-order valence-electron chi connectivity index (χ4n) is 6.21. The fourth-order valence-corrected chi connectivity index (χ4v) is 6.21. The van der Waals surface area contributed by atoms with Crippen molar-refractivity contribution in [3.05, 3.63) is 35.4 Å². The van der Waals surface area contributed by atoms with Crippen LogP contribution < -0.4 is 19.5 Å². The maximum absolute atomic E-state index is 13.6. The first-order valence-electron chi connectivity index (χ1n) is 10.3. The van der Waals surface area contributed by atoms with Crippen LogP contribution in [0.4, 0.5) is 5.69 Å². The second kappa shape index (κ2) is 6.75. The van der Waals surface area contributed by atoms with E-state index in [1.165, 1.54) is 11.1 Å². The highest BCUT2D eigenvalue weighted by Gasteiger charge is 2.67. The van der Waals surface area contributed by atoms with Crippen molar-refractivity contribution >= 4 is 11.6 Å². The Morgan fingerprint density at radius 2 is 2.00 bits per heavy atom. The van der Waals surface area contributed by atoms with E-state index in [1.807, 2.05) is 0 Å². The Morgan fingerprint density at radius 3 is 2.67 bits per heavy atom. The van der Waals surface area contributed by atoms with Gasteiger partial charge in [-0.15, -0.1) is 0 Å². The van der Waals surface area contributed by atoms with Crippen LogP contribution in [0, 0.1) is 5.92 Å². The molecule has 7 nitrogen and oxygen atoms in total. The number of carbonyl (C=O) groups is 1. The summed E-state index contributed by atoms with van der Waals surface area (Å²) in [4.78, 5) is 16.1. The van der Waals surface area contributed by atoms with Crippen molar-refractivity contribution in [2.45, 2.75) is 30.3 Å². The van der Waals surface area contributed by atoms with E-state index in [1.54, 1.807) is 34.5 Å². The van der Waals surface area contributed by atoms with Gasteiger partial charge in [-0.05, 0) is 12.8 Å². The molecular weight excluding hydrogens is 384 g/mol. The second-order valence-electron chi connectivity index (χ2n) is 8.50. The number of hydrogen-bond donors (Lipinski definition) is 1.